The van der Waals surface area contributed by atoms with Crippen molar-refractivity contribution < 1.29 is 8.83 Å². The molecule has 8 heteroatoms. The average molecular weight is 750 g/mol. The number of benzene rings is 7. The topological polar surface area (TPSA) is 90.7 Å². The second-order valence-electron chi connectivity index (χ2n) is 14.0. The van der Waals surface area contributed by atoms with Gasteiger partial charge in [-0.3, -0.25) is 0 Å². The van der Waals surface area contributed by atoms with E-state index in [9.17, 15) is 0 Å². The van der Waals surface area contributed by atoms with Crippen LogP contribution >= 0.6 is 11.3 Å². The molecule has 0 fully saturated rings. The Morgan fingerprint density at radius 3 is 1.75 bits per heavy atom. The summed E-state index contributed by atoms with van der Waals surface area (Å²) in [5, 5.41) is 5.18. The molecule has 0 aliphatic heterocycles. The number of hydrogen-bond acceptors (Lipinski definition) is 8. The smallest absolute Gasteiger partial charge is 0.180 e. The number of para-hydroxylation sites is 2. The lowest BCUT2D eigenvalue weighted by Gasteiger charge is -2.10. The quantitative estimate of drug-likeness (QED) is 0.173. The molecule has 7 aromatic carbocycles. The number of hydrogen-bond donors (Lipinski definition) is 0. The zero-order valence-corrected chi connectivity index (χ0v) is 30.9. The molecule has 0 bridgehead atoms. The summed E-state index contributed by atoms with van der Waals surface area (Å²) in [5.41, 5.74) is 9.19. The highest BCUT2D eigenvalue weighted by Gasteiger charge is 2.21. The minimum absolute atomic E-state index is 0.609. The normalized spacial score (nSPS) is 11.9. The van der Waals surface area contributed by atoms with Crippen molar-refractivity contribution in [1.82, 2.24) is 24.9 Å². The summed E-state index contributed by atoms with van der Waals surface area (Å²) >= 11 is 1.75. The third-order valence-corrected chi connectivity index (χ3v) is 11.7. The number of nitrogens with zero attached hydrogens (tertiary/aromatic N) is 5. The van der Waals surface area contributed by atoms with Crippen molar-refractivity contribution in [3.8, 4) is 56.8 Å². The molecule has 7 nitrogen and oxygen atoms in total. The SMILES string of the molecule is c1ccc(-c2nc(-c3ccccc3)nc(-c3cccc4sc5ccc(-c6nc(-c7ccc8oc9ccccc9c8c7)c7oc8ccccc8c7n6)cc5c34)n2)cc1. The summed E-state index contributed by atoms with van der Waals surface area (Å²) in [4.78, 5) is 25.6. The van der Waals surface area contributed by atoms with E-state index in [1.165, 1.54) is 0 Å². The molecule has 266 valence electrons. The first kappa shape index (κ1) is 31.8. The Kier molecular flexibility index (Phi) is 6.96. The lowest BCUT2D eigenvalue weighted by atomic mass is 10.0. The van der Waals surface area contributed by atoms with Crippen molar-refractivity contribution in [2.24, 2.45) is 0 Å². The highest BCUT2D eigenvalue weighted by molar-refractivity contribution is 7.26. The van der Waals surface area contributed by atoms with Gasteiger partial charge >= 0.3 is 0 Å². The monoisotopic (exact) mass is 749 g/mol. The van der Waals surface area contributed by atoms with E-state index in [0.29, 0.717) is 28.9 Å². The first-order chi connectivity index (χ1) is 28.2. The molecular formula is C49H27N5O2S. The minimum atomic E-state index is 0.609. The van der Waals surface area contributed by atoms with Crippen LogP contribution in [0.1, 0.15) is 0 Å². The third kappa shape index (κ3) is 5.15. The van der Waals surface area contributed by atoms with Crippen LogP contribution in [0.4, 0.5) is 0 Å². The summed E-state index contributed by atoms with van der Waals surface area (Å²) in [5.74, 6) is 2.47. The van der Waals surface area contributed by atoms with Gasteiger partial charge in [-0.1, -0.05) is 103 Å². The van der Waals surface area contributed by atoms with Crippen molar-refractivity contribution in [2.75, 3.05) is 0 Å². The van der Waals surface area contributed by atoms with Crippen LogP contribution in [0.2, 0.25) is 0 Å². The lowest BCUT2D eigenvalue weighted by molar-refractivity contribution is 0.666. The van der Waals surface area contributed by atoms with E-state index in [4.69, 9.17) is 33.8 Å². The fourth-order valence-electron chi connectivity index (χ4n) is 7.87. The highest BCUT2D eigenvalue weighted by Crippen LogP contribution is 2.43. The molecule has 0 saturated heterocycles. The largest absolute Gasteiger partial charge is 0.456 e. The lowest BCUT2D eigenvalue weighted by Crippen LogP contribution is -2.00. The Morgan fingerprint density at radius 1 is 0.368 bits per heavy atom. The van der Waals surface area contributed by atoms with E-state index in [1.54, 1.807) is 11.3 Å². The maximum atomic E-state index is 6.51. The molecule has 5 heterocycles. The van der Waals surface area contributed by atoms with Gasteiger partial charge < -0.3 is 8.83 Å². The first-order valence-electron chi connectivity index (χ1n) is 18.7. The van der Waals surface area contributed by atoms with Gasteiger partial charge in [-0.15, -0.1) is 11.3 Å². The van der Waals surface area contributed by atoms with Crippen LogP contribution in [0.25, 0.3) is 121 Å². The van der Waals surface area contributed by atoms with Gasteiger partial charge in [0.05, 0.1) is 0 Å². The standard InChI is InChI=1S/C49H27N5O2S/c1-3-12-28(13-4-1)46-52-47(29-14-5-2-6-15-29)54-49(53-46)34-18-11-21-41-42(34)36-27-31(23-25-40(36)57-41)48-50-43(45-44(51-48)33-17-8-10-20-38(33)56-45)30-22-24-39-35(26-30)32-16-7-9-19-37(32)55-39/h1-27H. The van der Waals surface area contributed by atoms with Crippen LogP contribution in [0.3, 0.4) is 0 Å². The molecule has 12 rings (SSSR count). The van der Waals surface area contributed by atoms with Gasteiger partial charge in [0, 0.05) is 64.1 Å². The molecule has 0 atom stereocenters. The molecule has 5 aromatic heterocycles. The van der Waals surface area contributed by atoms with Gasteiger partial charge in [-0.2, -0.15) is 0 Å². The van der Waals surface area contributed by atoms with Crippen LogP contribution < -0.4 is 0 Å². The third-order valence-electron chi connectivity index (χ3n) is 10.6. The Bertz CT molecular complexity index is 3480. The molecule has 0 spiro atoms. The summed E-state index contributed by atoms with van der Waals surface area (Å²) < 4.78 is 15.0. The Hall–Kier alpha value is -7.55. The van der Waals surface area contributed by atoms with Gasteiger partial charge in [-0.25, -0.2) is 24.9 Å². The van der Waals surface area contributed by atoms with Crippen LogP contribution in [0.5, 0.6) is 0 Å². The molecule has 57 heavy (non-hydrogen) atoms. The van der Waals surface area contributed by atoms with Crippen LogP contribution in [-0.4, -0.2) is 24.9 Å². The van der Waals surface area contributed by atoms with Crippen molar-refractivity contribution in [3.63, 3.8) is 0 Å². The summed E-state index contributed by atoms with van der Waals surface area (Å²) in [6.45, 7) is 0. The van der Waals surface area contributed by atoms with Crippen LogP contribution in [-0.2, 0) is 0 Å². The molecule has 0 aliphatic carbocycles. The van der Waals surface area contributed by atoms with E-state index in [0.717, 1.165) is 92.1 Å². The Morgan fingerprint density at radius 2 is 0.982 bits per heavy atom. The van der Waals surface area contributed by atoms with Crippen LogP contribution in [0, 0.1) is 0 Å². The molecule has 0 N–H and O–H groups in total. The van der Waals surface area contributed by atoms with Gasteiger partial charge in [0.25, 0.3) is 0 Å². The predicted molar refractivity (Wildman–Crippen MR) is 230 cm³/mol. The van der Waals surface area contributed by atoms with Crippen molar-refractivity contribution >= 4 is 75.5 Å². The average Bonchev–Trinajstić information content (AvgIpc) is 3.97. The van der Waals surface area contributed by atoms with E-state index in [2.05, 4.69) is 54.6 Å². The highest BCUT2D eigenvalue weighted by atomic mass is 32.1. The molecular weight excluding hydrogens is 723 g/mol. The molecule has 0 radical (unpaired) electrons. The van der Waals surface area contributed by atoms with E-state index >= 15 is 0 Å². The van der Waals surface area contributed by atoms with E-state index < -0.39 is 0 Å². The number of furan rings is 2. The van der Waals surface area contributed by atoms with Crippen LogP contribution in [0.15, 0.2) is 173 Å². The van der Waals surface area contributed by atoms with Crippen molar-refractivity contribution in [2.45, 2.75) is 0 Å². The van der Waals surface area contributed by atoms with Gasteiger partial charge in [0.2, 0.25) is 0 Å². The zero-order valence-electron chi connectivity index (χ0n) is 30.0. The Labute approximate surface area is 328 Å². The molecule has 0 aliphatic rings. The van der Waals surface area contributed by atoms with Crippen molar-refractivity contribution in [3.05, 3.63) is 164 Å². The maximum Gasteiger partial charge on any atom is 0.180 e. The molecule has 0 unspecified atom stereocenters. The number of fused-ring (bicyclic) bond motifs is 9. The fourth-order valence-corrected chi connectivity index (χ4v) is 8.98. The summed E-state index contributed by atoms with van der Waals surface area (Å²) in [6.07, 6.45) is 0. The van der Waals surface area contributed by atoms with E-state index in [-0.39, 0.29) is 0 Å². The second kappa shape index (κ2) is 12.5. The molecule has 0 amide bonds. The number of thiophene rings is 1. The second-order valence-corrected chi connectivity index (χ2v) is 15.1. The molecule has 12 aromatic rings. The first-order valence-corrected chi connectivity index (χ1v) is 19.5. The van der Waals surface area contributed by atoms with Gasteiger partial charge in [0.1, 0.15) is 28.0 Å². The maximum absolute atomic E-state index is 6.51. The fraction of sp³-hybridized carbons (Fsp3) is 0. The number of aromatic nitrogens is 5. The van der Waals surface area contributed by atoms with Gasteiger partial charge in [0.15, 0.2) is 28.9 Å². The summed E-state index contributed by atoms with van der Waals surface area (Å²) in [7, 11) is 0. The van der Waals surface area contributed by atoms with E-state index in [1.807, 2.05) is 109 Å². The minimum Gasteiger partial charge on any atom is -0.456 e. The van der Waals surface area contributed by atoms with Crippen molar-refractivity contribution in [1.29, 1.82) is 0 Å². The zero-order chi connectivity index (χ0) is 37.5. The molecule has 0 saturated carbocycles. The number of rotatable bonds is 5. The predicted octanol–water partition coefficient (Wildman–Crippen LogP) is 13.2. The van der Waals surface area contributed by atoms with Gasteiger partial charge in [-0.05, 0) is 60.7 Å². The summed E-state index contributed by atoms with van der Waals surface area (Å²) in [6, 6.07) is 55.3. The Balaban J connectivity index is 1.07.